The van der Waals surface area contributed by atoms with Crippen molar-refractivity contribution in [1.29, 1.82) is 0 Å². The summed E-state index contributed by atoms with van der Waals surface area (Å²) in [6.07, 6.45) is 4.42. The van der Waals surface area contributed by atoms with Crippen LogP contribution in [0.1, 0.15) is 40.6 Å². The summed E-state index contributed by atoms with van der Waals surface area (Å²) in [5, 5.41) is 0. The molecule has 0 aliphatic carbocycles. The molecule has 0 radical (unpaired) electrons. The summed E-state index contributed by atoms with van der Waals surface area (Å²) in [4.78, 5) is 20.7. The van der Waals surface area contributed by atoms with Gasteiger partial charge in [0, 0.05) is 24.5 Å². The van der Waals surface area contributed by atoms with Crippen LogP contribution in [-0.2, 0) is 14.3 Å². The van der Waals surface area contributed by atoms with Gasteiger partial charge in [-0.3, -0.25) is 9.59 Å². The van der Waals surface area contributed by atoms with Crippen LogP contribution in [-0.4, -0.2) is 33.3 Å². The molecule has 0 atom stereocenters. The van der Waals surface area contributed by atoms with Crippen molar-refractivity contribution in [3.8, 4) is 17.2 Å². The van der Waals surface area contributed by atoms with E-state index >= 15 is 0 Å². The molecular formula is C18H27NaO6. The second kappa shape index (κ2) is 14.8. The minimum absolute atomic E-state index is 0. The molecule has 0 spiro atoms. The summed E-state index contributed by atoms with van der Waals surface area (Å²) in [7, 11) is 4.85. The van der Waals surface area contributed by atoms with Gasteiger partial charge >= 0.3 is 41.5 Å². The molecular weight excluding hydrogens is 335 g/mol. The first-order valence-corrected chi connectivity index (χ1v) is 7.63. The third-order valence-electron chi connectivity index (χ3n) is 2.89. The molecule has 0 heterocycles. The predicted octanol–water partition coefficient (Wildman–Crippen LogP) is 0.738. The Kier molecular flexibility index (Phi) is 15.2. The van der Waals surface area contributed by atoms with Gasteiger partial charge in [-0.15, -0.1) is 0 Å². The first-order valence-electron chi connectivity index (χ1n) is 7.63. The first-order chi connectivity index (χ1) is 11.5. The maximum absolute atomic E-state index is 10.3. The first kappa shape index (κ1) is 25.7. The van der Waals surface area contributed by atoms with Gasteiger partial charge in [-0.1, -0.05) is 26.0 Å². The number of benzene rings is 1. The van der Waals surface area contributed by atoms with Gasteiger partial charge in [0.05, 0.1) is 21.3 Å². The van der Waals surface area contributed by atoms with Crippen LogP contribution in [0.3, 0.4) is 0 Å². The summed E-state index contributed by atoms with van der Waals surface area (Å²) in [6, 6.07) is 3.70. The third-order valence-corrected chi connectivity index (χ3v) is 2.89. The Bertz CT molecular complexity index is 561. The van der Waals surface area contributed by atoms with E-state index in [1.54, 1.807) is 35.2 Å². The summed E-state index contributed by atoms with van der Waals surface area (Å²) >= 11 is 0. The number of esters is 2. The molecule has 0 unspecified atom stereocenters. The molecule has 1 aromatic rings. The Labute approximate surface area is 173 Å². The monoisotopic (exact) mass is 362 g/mol. The molecule has 7 heteroatoms. The van der Waals surface area contributed by atoms with Gasteiger partial charge in [0.2, 0.25) is 0 Å². The van der Waals surface area contributed by atoms with Crippen LogP contribution in [0.25, 0.3) is 6.08 Å². The van der Waals surface area contributed by atoms with Crippen molar-refractivity contribution in [2.75, 3.05) is 21.3 Å². The van der Waals surface area contributed by atoms with Gasteiger partial charge in [-0.25, -0.2) is 0 Å². The van der Waals surface area contributed by atoms with Crippen molar-refractivity contribution in [2.24, 2.45) is 0 Å². The van der Waals surface area contributed by atoms with Crippen LogP contribution in [0.4, 0.5) is 0 Å². The number of hydrogen-bond donors (Lipinski definition) is 0. The van der Waals surface area contributed by atoms with Crippen LogP contribution in [0, 0.1) is 0 Å². The fourth-order valence-corrected chi connectivity index (χ4v) is 1.63. The normalized spacial score (nSPS) is 9.36. The molecule has 0 aliphatic heterocycles. The topological polar surface area (TPSA) is 71.1 Å². The van der Waals surface area contributed by atoms with E-state index in [1.165, 1.54) is 0 Å². The average Bonchev–Trinajstić information content (AvgIpc) is 2.61. The molecule has 0 fully saturated rings. The van der Waals surface area contributed by atoms with E-state index in [-0.39, 0.29) is 43.8 Å². The maximum atomic E-state index is 10.3. The molecule has 0 aliphatic rings. The molecule has 0 saturated heterocycles. The number of methoxy groups -OCH3 is 3. The van der Waals surface area contributed by atoms with Crippen LogP contribution < -0.4 is 43.8 Å². The van der Waals surface area contributed by atoms with E-state index in [9.17, 15) is 9.59 Å². The zero-order chi connectivity index (χ0) is 18.5. The van der Waals surface area contributed by atoms with Crippen molar-refractivity contribution in [2.45, 2.75) is 33.6 Å². The summed E-state index contributed by atoms with van der Waals surface area (Å²) < 4.78 is 19.9. The van der Waals surface area contributed by atoms with Gasteiger partial charge in [-0.05, 0) is 13.0 Å². The molecule has 0 saturated carbocycles. The zero-order valence-corrected chi connectivity index (χ0v) is 18.2. The fourth-order valence-electron chi connectivity index (χ4n) is 1.63. The molecule has 1 aromatic carbocycles. The zero-order valence-electron chi connectivity index (χ0n) is 17.2. The van der Waals surface area contributed by atoms with Crippen LogP contribution in [0.15, 0.2) is 18.2 Å². The number of carbonyl (C=O) groups excluding carboxylic acids is 2. The number of rotatable bonds is 6. The molecule has 25 heavy (non-hydrogen) atoms. The molecule has 0 N–H and O–H groups in total. The standard InChI is InChI=1S/C12H16O3.C6H10O3.Na.H/c1-5-6-9-7-11(14-3)12(15-4)8-10(9)13-2;1-3-5(7)9-6(8)4-2;;/h5-8H,1-4H3;3-4H2,1-2H3;;/q;;+1;-1. The summed E-state index contributed by atoms with van der Waals surface area (Å²) in [5.74, 6) is 1.23. The molecule has 0 bridgehead atoms. The minimum Gasteiger partial charge on any atom is -1.00 e. The molecule has 1 rings (SSSR count). The fraction of sp³-hybridized carbons (Fsp3) is 0.444. The molecule has 0 amide bonds. The van der Waals surface area contributed by atoms with Crippen molar-refractivity contribution >= 4 is 18.0 Å². The van der Waals surface area contributed by atoms with E-state index in [1.807, 2.05) is 31.2 Å². The van der Waals surface area contributed by atoms with Gasteiger partial charge < -0.3 is 20.4 Å². The molecule has 136 valence electrons. The smallest absolute Gasteiger partial charge is 1.00 e. The van der Waals surface area contributed by atoms with Gasteiger partial charge in [0.1, 0.15) is 5.75 Å². The Balaban J connectivity index is -0.000000422. The number of carbonyl (C=O) groups is 2. The molecule has 6 nitrogen and oxygen atoms in total. The van der Waals surface area contributed by atoms with Gasteiger partial charge in [-0.2, -0.15) is 0 Å². The van der Waals surface area contributed by atoms with E-state index in [0.717, 1.165) is 11.3 Å². The third kappa shape index (κ3) is 9.53. The average molecular weight is 362 g/mol. The number of allylic oxidation sites excluding steroid dienone is 1. The van der Waals surface area contributed by atoms with E-state index < -0.39 is 11.9 Å². The van der Waals surface area contributed by atoms with Crippen molar-refractivity contribution < 1.29 is 59.5 Å². The maximum Gasteiger partial charge on any atom is 1.00 e. The number of ether oxygens (including phenoxy) is 4. The van der Waals surface area contributed by atoms with Gasteiger partial charge in [0.25, 0.3) is 0 Å². The van der Waals surface area contributed by atoms with Crippen molar-refractivity contribution in [1.82, 2.24) is 0 Å². The quantitative estimate of drug-likeness (QED) is 0.422. The second-order valence-corrected chi connectivity index (χ2v) is 4.50. The van der Waals surface area contributed by atoms with E-state index in [4.69, 9.17) is 14.2 Å². The predicted molar refractivity (Wildman–Crippen MR) is 93.6 cm³/mol. The van der Waals surface area contributed by atoms with Crippen LogP contribution in [0.2, 0.25) is 0 Å². The Morgan fingerprint density at radius 2 is 1.36 bits per heavy atom. The molecule has 0 aromatic heterocycles. The second-order valence-electron chi connectivity index (χ2n) is 4.50. The minimum atomic E-state index is -0.457. The Morgan fingerprint density at radius 1 is 0.920 bits per heavy atom. The van der Waals surface area contributed by atoms with E-state index in [0.29, 0.717) is 11.5 Å². The van der Waals surface area contributed by atoms with Crippen LogP contribution >= 0.6 is 0 Å². The Morgan fingerprint density at radius 3 is 1.72 bits per heavy atom. The van der Waals surface area contributed by atoms with Gasteiger partial charge in [0.15, 0.2) is 11.5 Å². The van der Waals surface area contributed by atoms with Crippen molar-refractivity contribution in [3.05, 3.63) is 23.8 Å². The summed E-state index contributed by atoms with van der Waals surface area (Å²) in [5.41, 5.74) is 0.970. The van der Waals surface area contributed by atoms with Crippen LogP contribution in [0.5, 0.6) is 17.2 Å². The summed E-state index contributed by atoms with van der Waals surface area (Å²) in [6.45, 7) is 5.24. The van der Waals surface area contributed by atoms with Crippen molar-refractivity contribution in [3.63, 3.8) is 0 Å². The Hall–Kier alpha value is -1.50. The van der Waals surface area contributed by atoms with E-state index in [2.05, 4.69) is 4.74 Å². The SMILES string of the molecule is CC=Cc1cc(OC)c(OC)cc1OC.CCC(=O)OC(=O)CC.[H-].[Na+]. The largest absolute Gasteiger partial charge is 1.00 e. The number of hydrogen-bond acceptors (Lipinski definition) is 6.